The minimum atomic E-state index is -0.218. The zero-order chi connectivity index (χ0) is 11.3. The first-order valence-electron chi connectivity index (χ1n) is 4.67. The van der Waals surface area contributed by atoms with Crippen molar-refractivity contribution in [2.75, 3.05) is 7.11 Å². The average Bonchev–Trinajstić information content (AvgIpc) is 2.23. The van der Waals surface area contributed by atoms with Crippen LogP contribution in [0.2, 0.25) is 0 Å². The zero-order valence-electron chi connectivity index (χ0n) is 8.50. The van der Waals surface area contributed by atoms with E-state index in [0.29, 0.717) is 19.3 Å². The van der Waals surface area contributed by atoms with Gasteiger partial charge in [0.15, 0.2) is 0 Å². The number of ether oxygens (including phenoxy) is 1. The zero-order valence-corrected chi connectivity index (χ0v) is 10.1. The Hall–Kier alpha value is -1.03. The summed E-state index contributed by atoms with van der Waals surface area (Å²) in [5.74, 6) is 0.0487. The Kier molecular flexibility index (Phi) is 4.62. The summed E-state index contributed by atoms with van der Waals surface area (Å²) in [5.41, 5.74) is 0.841. The van der Waals surface area contributed by atoms with Crippen LogP contribution in [0.15, 0.2) is 22.7 Å². The van der Waals surface area contributed by atoms with Gasteiger partial charge in [-0.2, -0.15) is 0 Å². The number of carbonyl (C=O) groups is 1. The molecule has 0 atom stereocenters. The third kappa shape index (κ3) is 3.91. The quantitative estimate of drug-likeness (QED) is 0.858. The second kappa shape index (κ2) is 5.75. The van der Waals surface area contributed by atoms with Crippen molar-refractivity contribution < 1.29 is 14.6 Å². The molecule has 1 N–H and O–H groups in total. The molecule has 0 saturated carbocycles. The third-order valence-electron chi connectivity index (χ3n) is 2.10. The normalized spacial score (nSPS) is 10.0. The number of halogens is 1. The summed E-state index contributed by atoms with van der Waals surface area (Å²) < 4.78 is 5.46. The van der Waals surface area contributed by atoms with Crippen molar-refractivity contribution in [3.8, 4) is 5.75 Å². The second-order valence-electron chi connectivity index (χ2n) is 3.20. The van der Waals surface area contributed by atoms with Crippen LogP contribution in [0.5, 0.6) is 5.75 Å². The average molecular weight is 273 g/mol. The molecule has 0 saturated heterocycles. The molecule has 0 unspecified atom stereocenters. The van der Waals surface area contributed by atoms with Gasteiger partial charge in [0, 0.05) is 10.9 Å². The number of aryl methyl sites for hydroxylation is 1. The van der Waals surface area contributed by atoms with Gasteiger partial charge in [-0.15, -0.1) is 0 Å². The minimum absolute atomic E-state index is 0.218. The number of hydrogen-bond acceptors (Lipinski definition) is 3. The van der Waals surface area contributed by atoms with E-state index in [1.54, 1.807) is 12.1 Å². The lowest BCUT2D eigenvalue weighted by atomic mass is 10.1. The first kappa shape index (κ1) is 12.0. The fraction of sp³-hybridized carbons (Fsp3) is 0.364. The number of rotatable bonds is 4. The van der Waals surface area contributed by atoms with Crippen LogP contribution in [0.1, 0.15) is 18.4 Å². The highest BCUT2D eigenvalue weighted by Crippen LogP contribution is 2.23. The lowest BCUT2D eigenvalue weighted by Crippen LogP contribution is -2.00. The fourth-order valence-corrected chi connectivity index (χ4v) is 1.69. The molecule has 0 radical (unpaired) electrons. The maximum Gasteiger partial charge on any atom is 0.305 e. The molecule has 82 valence electrons. The number of esters is 1. The smallest absolute Gasteiger partial charge is 0.305 e. The van der Waals surface area contributed by atoms with Crippen LogP contribution in [-0.2, 0) is 16.0 Å². The molecule has 0 fully saturated rings. The topological polar surface area (TPSA) is 46.5 Å². The first-order valence-corrected chi connectivity index (χ1v) is 5.47. The molecule has 0 aromatic heterocycles. The van der Waals surface area contributed by atoms with Crippen molar-refractivity contribution in [1.29, 1.82) is 0 Å². The molecule has 0 heterocycles. The van der Waals surface area contributed by atoms with E-state index >= 15 is 0 Å². The van der Waals surface area contributed by atoms with Gasteiger partial charge in [-0.3, -0.25) is 4.79 Å². The van der Waals surface area contributed by atoms with Gasteiger partial charge in [-0.25, -0.2) is 0 Å². The maximum absolute atomic E-state index is 10.9. The fourth-order valence-electron chi connectivity index (χ4n) is 1.28. The van der Waals surface area contributed by atoms with E-state index in [0.717, 1.165) is 10.0 Å². The minimum Gasteiger partial charge on any atom is -0.508 e. The van der Waals surface area contributed by atoms with E-state index < -0.39 is 0 Å². The number of phenols is 1. The summed E-state index contributed by atoms with van der Waals surface area (Å²) in [6.07, 6.45) is 1.72. The summed E-state index contributed by atoms with van der Waals surface area (Å²) in [5, 5.41) is 9.52. The molecule has 0 bridgehead atoms. The van der Waals surface area contributed by atoms with Gasteiger partial charge in [-0.1, -0.05) is 15.9 Å². The Balaban J connectivity index is 2.50. The van der Waals surface area contributed by atoms with Crippen LogP contribution in [0, 0.1) is 0 Å². The van der Waals surface area contributed by atoms with Gasteiger partial charge >= 0.3 is 5.97 Å². The van der Waals surface area contributed by atoms with E-state index in [1.165, 1.54) is 7.11 Å². The predicted octanol–water partition coefficient (Wildman–Crippen LogP) is 2.65. The van der Waals surface area contributed by atoms with Crippen LogP contribution >= 0.6 is 15.9 Å². The number of carbonyl (C=O) groups excluding carboxylic acids is 1. The van der Waals surface area contributed by atoms with Gasteiger partial charge in [0.1, 0.15) is 5.75 Å². The van der Waals surface area contributed by atoms with Crippen LogP contribution < -0.4 is 0 Å². The number of benzene rings is 1. The maximum atomic E-state index is 10.9. The number of phenolic OH excluding ortho intramolecular Hbond substituents is 1. The number of aromatic hydroxyl groups is 1. The Morgan fingerprint density at radius 3 is 2.93 bits per heavy atom. The van der Waals surface area contributed by atoms with Crippen LogP contribution in [0.3, 0.4) is 0 Å². The van der Waals surface area contributed by atoms with Crippen molar-refractivity contribution in [3.05, 3.63) is 28.2 Å². The van der Waals surface area contributed by atoms with Crippen LogP contribution in [-0.4, -0.2) is 18.2 Å². The largest absolute Gasteiger partial charge is 0.508 e. The molecule has 0 aliphatic heterocycles. The summed E-state index contributed by atoms with van der Waals surface area (Å²) in [4.78, 5) is 10.9. The van der Waals surface area contributed by atoms with Crippen molar-refractivity contribution in [3.63, 3.8) is 0 Å². The summed E-state index contributed by atoms with van der Waals surface area (Å²) >= 11 is 3.33. The van der Waals surface area contributed by atoms with Gasteiger partial charge in [0.2, 0.25) is 0 Å². The Morgan fingerprint density at radius 1 is 1.53 bits per heavy atom. The van der Waals surface area contributed by atoms with Crippen LogP contribution in [0.4, 0.5) is 0 Å². The number of methoxy groups -OCH3 is 1. The van der Waals surface area contributed by atoms with E-state index in [4.69, 9.17) is 0 Å². The van der Waals surface area contributed by atoms with Crippen molar-refractivity contribution in [1.82, 2.24) is 0 Å². The molecule has 0 aliphatic rings. The molecule has 4 heteroatoms. The third-order valence-corrected chi connectivity index (χ3v) is 2.59. The lowest BCUT2D eigenvalue weighted by molar-refractivity contribution is -0.140. The van der Waals surface area contributed by atoms with E-state index in [2.05, 4.69) is 20.7 Å². The van der Waals surface area contributed by atoms with Crippen molar-refractivity contribution >= 4 is 21.9 Å². The molecule has 3 nitrogen and oxygen atoms in total. The van der Waals surface area contributed by atoms with Crippen LogP contribution in [0.25, 0.3) is 0 Å². The summed E-state index contributed by atoms with van der Waals surface area (Å²) in [7, 11) is 1.37. The highest BCUT2D eigenvalue weighted by atomic mass is 79.9. The Labute approximate surface area is 97.2 Å². The monoisotopic (exact) mass is 272 g/mol. The SMILES string of the molecule is COC(=O)CCCc1cc(Br)ccc1O. The first-order chi connectivity index (χ1) is 7.13. The van der Waals surface area contributed by atoms with E-state index in [-0.39, 0.29) is 11.7 Å². The van der Waals surface area contributed by atoms with Crippen molar-refractivity contribution in [2.45, 2.75) is 19.3 Å². The summed E-state index contributed by atoms with van der Waals surface area (Å²) in [6, 6.07) is 5.27. The molecule has 0 aliphatic carbocycles. The van der Waals surface area contributed by atoms with Gasteiger partial charge in [0.05, 0.1) is 7.11 Å². The highest BCUT2D eigenvalue weighted by molar-refractivity contribution is 9.10. The molecular formula is C11H13BrO3. The molecule has 1 aromatic carbocycles. The molecule has 0 spiro atoms. The molecule has 1 rings (SSSR count). The second-order valence-corrected chi connectivity index (χ2v) is 4.12. The highest BCUT2D eigenvalue weighted by Gasteiger charge is 2.04. The van der Waals surface area contributed by atoms with E-state index in [1.807, 2.05) is 6.07 Å². The molecule has 1 aromatic rings. The van der Waals surface area contributed by atoms with E-state index in [9.17, 15) is 9.90 Å². The Morgan fingerprint density at radius 2 is 2.27 bits per heavy atom. The standard InChI is InChI=1S/C11H13BrO3/c1-15-11(14)4-2-3-8-7-9(12)5-6-10(8)13/h5-7,13H,2-4H2,1H3. The van der Waals surface area contributed by atoms with Gasteiger partial charge in [-0.05, 0) is 36.6 Å². The Bertz CT molecular complexity index is 350. The van der Waals surface area contributed by atoms with Gasteiger partial charge < -0.3 is 9.84 Å². The summed E-state index contributed by atoms with van der Waals surface area (Å²) in [6.45, 7) is 0. The molecule has 0 amide bonds. The molecular weight excluding hydrogens is 260 g/mol. The molecule has 15 heavy (non-hydrogen) atoms. The number of hydrogen-bond donors (Lipinski definition) is 1. The lowest BCUT2D eigenvalue weighted by Gasteiger charge is -2.04. The van der Waals surface area contributed by atoms with Crippen molar-refractivity contribution in [2.24, 2.45) is 0 Å². The predicted molar refractivity (Wildman–Crippen MR) is 60.8 cm³/mol. The van der Waals surface area contributed by atoms with Gasteiger partial charge in [0.25, 0.3) is 0 Å².